The number of ether oxygens (including phenoxy) is 1. The highest BCUT2D eigenvalue weighted by molar-refractivity contribution is 7.93. The summed E-state index contributed by atoms with van der Waals surface area (Å²) >= 11 is 5.99. The zero-order valence-corrected chi connectivity index (χ0v) is 11.9. The summed E-state index contributed by atoms with van der Waals surface area (Å²) < 4.78 is 31.2. The van der Waals surface area contributed by atoms with Gasteiger partial charge in [0.2, 0.25) is 10.0 Å². The molecule has 0 saturated heterocycles. The fourth-order valence-electron chi connectivity index (χ4n) is 1.45. The van der Waals surface area contributed by atoms with Crippen LogP contribution in [0.3, 0.4) is 0 Å². The molecule has 8 heteroatoms. The van der Waals surface area contributed by atoms with Crippen LogP contribution in [-0.2, 0) is 14.8 Å². The fraction of sp³-hybridized carbons (Fsp3) is 0.364. The van der Waals surface area contributed by atoms with Gasteiger partial charge in [0.1, 0.15) is 5.75 Å². The van der Waals surface area contributed by atoms with Gasteiger partial charge in [-0.2, -0.15) is 0 Å². The monoisotopic (exact) mass is 304 g/mol. The SMILES string of the molecule is CC(C)S(=O)(=O)Nc1cc2c(cc1Cl)NC(=O)CO2. The van der Waals surface area contributed by atoms with Gasteiger partial charge in [0.25, 0.3) is 5.91 Å². The Balaban J connectivity index is 2.36. The first-order valence-electron chi connectivity index (χ1n) is 5.57. The normalized spacial score (nSPS) is 14.6. The van der Waals surface area contributed by atoms with E-state index in [9.17, 15) is 13.2 Å². The Labute approximate surface area is 116 Å². The Hall–Kier alpha value is -1.47. The molecule has 19 heavy (non-hydrogen) atoms. The average Bonchev–Trinajstić information content (AvgIpc) is 2.30. The van der Waals surface area contributed by atoms with Gasteiger partial charge in [-0.15, -0.1) is 0 Å². The molecular formula is C11H13ClN2O4S. The van der Waals surface area contributed by atoms with E-state index in [-0.39, 0.29) is 23.2 Å². The van der Waals surface area contributed by atoms with Gasteiger partial charge < -0.3 is 10.1 Å². The van der Waals surface area contributed by atoms with Crippen molar-refractivity contribution in [1.82, 2.24) is 0 Å². The standard InChI is InChI=1S/C11H13ClN2O4S/c1-6(2)19(16,17)14-8-4-10-9(3-7(8)12)13-11(15)5-18-10/h3-4,6,14H,5H2,1-2H3,(H,13,15). The molecule has 2 rings (SSSR count). The number of nitrogens with one attached hydrogen (secondary N) is 2. The first-order chi connectivity index (χ1) is 8.79. The molecule has 6 nitrogen and oxygen atoms in total. The molecule has 1 amide bonds. The second-order valence-corrected chi connectivity index (χ2v) is 7.01. The van der Waals surface area contributed by atoms with E-state index in [1.54, 1.807) is 13.8 Å². The van der Waals surface area contributed by atoms with Gasteiger partial charge in [-0.1, -0.05) is 11.6 Å². The third-order valence-electron chi connectivity index (χ3n) is 2.57. The number of benzene rings is 1. The summed E-state index contributed by atoms with van der Waals surface area (Å²) in [6.07, 6.45) is 0. The van der Waals surface area contributed by atoms with Crippen molar-refractivity contribution in [2.24, 2.45) is 0 Å². The lowest BCUT2D eigenvalue weighted by molar-refractivity contribution is -0.118. The Morgan fingerprint density at radius 2 is 2.11 bits per heavy atom. The molecule has 0 unspecified atom stereocenters. The predicted molar refractivity (Wildman–Crippen MR) is 73.3 cm³/mol. The summed E-state index contributed by atoms with van der Waals surface area (Å²) in [5.41, 5.74) is 0.652. The first kappa shape index (κ1) is 14.0. The van der Waals surface area contributed by atoms with Crippen molar-refractivity contribution in [3.63, 3.8) is 0 Å². The van der Waals surface area contributed by atoms with Crippen LogP contribution in [0.2, 0.25) is 5.02 Å². The largest absolute Gasteiger partial charge is 0.482 e. The summed E-state index contributed by atoms with van der Waals surface area (Å²) in [5, 5.41) is 2.19. The number of sulfonamides is 1. The van der Waals surface area contributed by atoms with Crippen LogP contribution in [0.15, 0.2) is 12.1 Å². The predicted octanol–water partition coefficient (Wildman–Crippen LogP) is 1.82. The van der Waals surface area contributed by atoms with Gasteiger partial charge >= 0.3 is 0 Å². The molecule has 104 valence electrons. The van der Waals surface area contributed by atoms with Crippen molar-refractivity contribution in [2.75, 3.05) is 16.6 Å². The zero-order valence-electron chi connectivity index (χ0n) is 10.4. The molecule has 1 aromatic carbocycles. The van der Waals surface area contributed by atoms with Gasteiger partial charge in [0, 0.05) is 6.07 Å². The van der Waals surface area contributed by atoms with Gasteiger partial charge in [-0.25, -0.2) is 8.42 Å². The van der Waals surface area contributed by atoms with Crippen molar-refractivity contribution in [3.05, 3.63) is 17.2 Å². The molecule has 0 radical (unpaired) electrons. The van der Waals surface area contributed by atoms with Crippen LogP contribution in [0.4, 0.5) is 11.4 Å². The number of hydrogen-bond acceptors (Lipinski definition) is 4. The van der Waals surface area contributed by atoms with Crippen molar-refractivity contribution in [1.29, 1.82) is 0 Å². The molecule has 0 saturated carbocycles. The lowest BCUT2D eigenvalue weighted by Crippen LogP contribution is -2.26. The van der Waals surface area contributed by atoms with Crippen LogP contribution in [-0.4, -0.2) is 26.2 Å². The number of halogens is 1. The molecule has 0 aromatic heterocycles. The number of fused-ring (bicyclic) bond motifs is 1. The summed E-state index contributed by atoms with van der Waals surface area (Å²) in [6.45, 7) is 3.02. The molecule has 2 N–H and O–H groups in total. The fourth-order valence-corrected chi connectivity index (χ4v) is 2.43. The Bertz CT molecular complexity index is 628. The van der Waals surface area contributed by atoms with Crippen LogP contribution in [0.25, 0.3) is 0 Å². The molecule has 1 aliphatic heterocycles. The van der Waals surface area contributed by atoms with E-state index >= 15 is 0 Å². The summed E-state index contributed by atoms with van der Waals surface area (Å²) in [4.78, 5) is 11.1. The molecule has 0 bridgehead atoms. The molecule has 0 atom stereocenters. The highest BCUT2D eigenvalue weighted by Gasteiger charge is 2.21. The number of rotatable bonds is 3. The van der Waals surface area contributed by atoms with Gasteiger partial charge in [0.05, 0.1) is 21.6 Å². The third-order valence-corrected chi connectivity index (χ3v) is 4.63. The smallest absolute Gasteiger partial charge is 0.262 e. The van der Waals surface area contributed by atoms with Gasteiger partial charge in [-0.05, 0) is 19.9 Å². The molecule has 1 heterocycles. The minimum atomic E-state index is -3.49. The average molecular weight is 305 g/mol. The van der Waals surface area contributed by atoms with Gasteiger partial charge in [0.15, 0.2) is 6.61 Å². The number of anilines is 2. The molecular weight excluding hydrogens is 292 g/mol. The van der Waals surface area contributed by atoms with Crippen molar-refractivity contribution in [2.45, 2.75) is 19.1 Å². The van der Waals surface area contributed by atoms with E-state index < -0.39 is 15.3 Å². The highest BCUT2D eigenvalue weighted by atomic mass is 35.5. The quantitative estimate of drug-likeness (QED) is 0.892. The molecule has 1 aliphatic rings. The number of carbonyl (C=O) groups excluding carboxylic acids is 1. The second-order valence-electron chi connectivity index (χ2n) is 4.36. The van der Waals surface area contributed by atoms with Crippen LogP contribution >= 0.6 is 11.6 Å². The van der Waals surface area contributed by atoms with Crippen molar-refractivity contribution in [3.8, 4) is 5.75 Å². The highest BCUT2D eigenvalue weighted by Crippen LogP contribution is 2.36. The summed E-state index contributed by atoms with van der Waals surface area (Å²) in [5.74, 6) is 0.101. The third kappa shape index (κ3) is 2.93. The van der Waals surface area contributed by atoms with E-state index in [4.69, 9.17) is 16.3 Å². The summed E-state index contributed by atoms with van der Waals surface area (Å²) in [7, 11) is -3.49. The maximum atomic E-state index is 11.8. The topological polar surface area (TPSA) is 84.5 Å². The van der Waals surface area contributed by atoms with Crippen molar-refractivity contribution < 1.29 is 17.9 Å². The Morgan fingerprint density at radius 3 is 2.74 bits per heavy atom. The molecule has 1 aromatic rings. The van der Waals surface area contributed by atoms with Crippen LogP contribution in [0, 0.1) is 0 Å². The number of hydrogen-bond donors (Lipinski definition) is 2. The van der Waals surface area contributed by atoms with E-state index in [1.165, 1.54) is 12.1 Å². The Kier molecular flexibility index (Phi) is 3.60. The second kappa shape index (κ2) is 4.90. The van der Waals surface area contributed by atoms with Gasteiger partial charge in [-0.3, -0.25) is 9.52 Å². The van der Waals surface area contributed by atoms with Crippen LogP contribution in [0.1, 0.15) is 13.8 Å². The van der Waals surface area contributed by atoms with E-state index in [1.807, 2.05) is 0 Å². The first-order valence-corrected chi connectivity index (χ1v) is 7.50. The number of carbonyl (C=O) groups is 1. The van der Waals surface area contributed by atoms with Crippen LogP contribution in [0.5, 0.6) is 5.75 Å². The zero-order chi connectivity index (χ0) is 14.2. The minimum absolute atomic E-state index is 0.106. The molecule has 0 aliphatic carbocycles. The maximum Gasteiger partial charge on any atom is 0.262 e. The lowest BCUT2D eigenvalue weighted by Gasteiger charge is -2.20. The van der Waals surface area contributed by atoms with E-state index in [0.717, 1.165) is 0 Å². The van der Waals surface area contributed by atoms with Crippen LogP contribution < -0.4 is 14.8 Å². The Morgan fingerprint density at radius 1 is 1.42 bits per heavy atom. The maximum absolute atomic E-state index is 11.8. The van der Waals surface area contributed by atoms with E-state index in [2.05, 4.69) is 10.0 Å². The van der Waals surface area contributed by atoms with E-state index in [0.29, 0.717) is 11.4 Å². The minimum Gasteiger partial charge on any atom is -0.482 e. The summed E-state index contributed by atoms with van der Waals surface area (Å²) in [6, 6.07) is 2.91. The molecule has 0 spiro atoms. The molecule has 0 fully saturated rings. The van der Waals surface area contributed by atoms with Crippen molar-refractivity contribution >= 4 is 38.9 Å². The lowest BCUT2D eigenvalue weighted by atomic mass is 10.2. The number of amides is 1.